The Morgan fingerprint density at radius 1 is 0.919 bits per heavy atom. The lowest BCUT2D eigenvalue weighted by Crippen LogP contribution is -2.07. The van der Waals surface area contributed by atoms with Crippen molar-refractivity contribution in [2.24, 2.45) is 0 Å². The molecule has 0 fully saturated rings. The normalized spacial score (nSPS) is 12.1. The predicted octanol–water partition coefficient (Wildman–Crippen LogP) is 6.35. The number of fused-ring (bicyclic) bond motifs is 1. The molecule has 5 aromatic rings. The summed E-state index contributed by atoms with van der Waals surface area (Å²) >= 11 is 0. The molecule has 0 aliphatic heterocycles. The van der Waals surface area contributed by atoms with Gasteiger partial charge in [-0.15, -0.1) is 10.2 Å². The first kappa shape index (κ1) is 24.5. The fourth-order valence-electron chi connectivity index (χ4n) is 4.58. The largest absolute Gasteiger partial charge is 0.493 e. The highest BCUT2D eigenvalue weighted by Crippen LogP contribution is 2.35. The molecule has 8 nitrogen and oxygen atoms in total. The Labute approximate surface area is 216 Å². The highest BCUT2D eigenvalue weighted by Gasteiger charge is 2.18. The van der Waals surface area contributed by atoms with Gasteiger partial charge in [0.1, 0.15) is 17.2 Å². The summed E-state index contributed by atoms with van der Waals surface area (Å²) in [5, 5.41) is 19.8. The molecular weight excluding hydrogens is 466 g/mol. The van der Waals surface area contributed by atoms with Crippen molar-refractivity contribution >= 4 is 11.0 Å². The van der Waals surface area contributed by atoms with E-state index >= 15 is 0 Å². The van der Waals surface area contributed by atoms with Gasteiger partial charge in [-0.1, -0.05) is 73.1 Å². The van der Waals surface area contributed by atoms with E-state index < -0.39 is 0 Å². The molecule has 0 radical (unpaired) electrons. The maximum atomic E-state index is 6.17. The van der Waals surface area contributed by atoms with Crippen LogP contribution in [-0.4, -0.2) is 39.0 Å². The molecule has 0 saturated carbocycles. The minimum Gasteiger partial charge on any atom is -0.493 e. The highest BCUT2D eigenvalue weighted by atomic mass is 16.5. The minimum atomic E-state index is 0.115. The van der Waals surface area contributed by atoms with E-state index in [1.54, 1.807) is 0 Å². The van der Waals surface area contributed by atoms with Crippen LogP contribution in [0.3, 0.4) is 0 Å². The lowest BCUT2D eigenvalue weighted by molar-refractivity contribution is 0.246. The van der Waals surface area contributed by atoms with Crippen molar-refractivity contribution in [3.05, 3.63) is 83.7 Å². The summed E-state index contributed by atoms with van der Waals surface area (Å²) in [7, 11) is 0. The Kier molecular flexibility index (Phi) is 7.74. The molecule has 1 atom stereocenters. The molecule has 0 amide bonds. The first-order chi connectivity index (χ1) is 18.3. The second-order valence-electron chi connectivity index (χ2n) is 8.92. The molecular formula is C29H31N5O3. The number of benzene rings is 3. The van der Waals surface area contributed by atoms with E-state index in [2.05, 4.69) is 51.8 Å². The van der Waals surface area contributed by atoms with E-state index in [-0.39, 0.29) is 5.92 Å². The fraction of sp³-hybridized carbons (Fsp3) is 0.310. The molecule has 1 N–H and O–H groups in total. The molecule has 2 aromatic heterocycles. The van der Waals surface area contributed by atoms with E-state index in [0.29, 0.717) is 19.0 Å². The maximum absolute atomic E-state index is 6.17. The molecule has 3 aromatic carbocycles. The van der Waals surface area contributed by atoms with Crippen LogP contribution in [0.15, 0.2) is 71.3 Å². The van der Waals surface area contributed by atoms with Gasteiger partial charge in [0, 0.05) is 23.5 Å². The second-order valence-corrected chi connectivity index (χ2v) is 8.92. The van der Waals surface area contributed by atoms with Crippen LogP contribution in [0.25, 0.3) is 22.2 Å². The molecule has 8 heteroatoms. The van der Waals surface area contributed by atoms with Crippen molar-refractivity contribution in [3.8, 4) is 22.8 Å². The van der Waals surface area contributed by atoms with Crippen molar-refractivity contribution in [2.45, 2.75) is 45.4 Å². The standard InChI is InChI=1S/C29H31N5O3/c1-3-9-24-26(17-16-25-27(32-37-28(24)25)21-10-6-5-7-11-21)36-19-8-18-35-22-14-12-20(13-15-22)23(4-2)29-30-33-34-31-29/h5-7,10-17,23H,3-4,8-9,18-19H2,1-2H3,(H,30,31,33,34). The monoisotopic (exact) mass is 497 g/mol. The van der Waals surface area contributed by atoms with E-state index in [4.69, 9.17) is 14.0 Å². The van der Waals surface area contributed by atoms with Crippen LogP contribution in [0.4, 0.5) is 0 Å². The maximum Gasteiger partial charge on any atom is 0.181 e. The third-order valence-corrected chi connectivity index (χ3v) is 6.43. The number of nitrogens with one attached hydrogen (secondary N) is 1. The first-order valence-corrected chi connectivity index (χ1v) is 12.8. The summed E-state index contributed by atoms with van der Waals surface area (Å²) in [5.74, 6) is 2.50. The summed E-state index contributed by atoms with van der Waals surface area (Å²) in [4.78, 5) is 0. The van der Waals surface area contributed by atoms with Gasteiger partial charge in [-0.05, 0) is 42.7 Å². The van der Waals surface area contributed by atoms with Crippen LogP contribution < -0.4 is 9.47 Å². The molecule has 0 spiro atoms. The van der Waals surface area contributed by atoms with Gasteiger partial charge < -0.3 is 14.0 Å². The molecule has 0 aliphatic carbocycles. The van der Waals surface area contributed by atoms with Crippen LogP contribution in [0, 0.1) is 0 Å². The topological polar surface area (TPSA) is 99.0 Å². The first-order valence-electron chi connectivity index (χ1n) is 12.8. The van der Waals surface area contributed by atoms with E-state index in [1.807, 2.05) is 54.6 Å². The quantitative estimate of drug-likeness (QED) is 0.201. The number of ether oxygens (including phenoxy) is 2. The number of aromatic nitrogens is 5. The van der Waals surface area contributed by atoms with E-state index in [1.165, 1.54) is 0 Å². The summed E-state index contributed by atoms with van der Waals surface area (Å²) in [6.45, 7) is 5.38. The lowest BCUT2D eigenvalue weighted by atomic mass is 9.96. The van der Waals surface area contributed by atoms with E-state index in [9.17, 15) is 0 Å². The Morgan fingerprint density at radius 3 is 2.46 bits per heavy atom. The van der Waals surface area contributed by atoms with Gasteiger partial charge in [0.2, 0.25) is 0 Å². The van der Waals surface area contributed by atoms with Gasteiger partial charge in [-0.25, -0.2) is 0 Å². The van der Waals surface area contributed by atoms with Gasteiger partial charge >= 0.3 is 0 Å². The lowest BCUT2D eigenvalue weighted by Gasteiger charge is -2.13. The Morgan fingerprint density at radius 2 is 1.73 bits per heavy atom. The predicted molar refractivity (Wildman–Crippen MR) is 142 cm³/mol. The second kappa shape index (κ2) is 11.7. The van der Waals surface area contributed by atoms with Gasteiger partial charge in [-0.2, -0.15) is 5.21 Å². The average molecular weight is 498 g/mol. The van der Waals surface area contributed by atoms with Crippen molar-refractivity contribution in [3.63, 3.8) is 0 Å². The SMILES string of the molecule is CCCc1c(OCCCOc2ccc(C(CC)c3nn[nH]n3)cc2)ccc2c(-c3ccccc3)noc12. The number of tetrazole rings is 1. The van der Waals surface area contributed by atoms with Gasteiger partial charge in [0.15, 0.2) is 11.4 Å². The van der Waals surface area contributed by atoms with Crippen molar-refractivity contribution in [2.75, 3.05) is 13.2 Å². The van der Waals surface area contributed by atoms with Gasteiger partial charge in [0.05, 0.1) is 18.6 Å². The molecule has 0 aliphatic rings. The molecule has 1 unspecified atom stereocenters. The van der Waals surface area contributed by atoms with Crippen molar-refractivity contribution < 1.29 is 14.0 Å². The van der Waals surface area contributed by atoms with Gasteiger partial charge in [0.25, 0.3) is 0 Å². The smallest absolute Gasteiger partial charge is 0.181 e. The molecule has 0 bridgehead atoms. The number of aryl methyl sites for hydroxylation is 1. The van der Waals surface area contributed by atoms with Crippen LogP contribution in [0.1, 0.15) is 56.0 Å². The third-order valence-electron chi connectivity index (χ3n) is 6.43. The van der Waals surface area contributed by atoms with Gasteiger partial charge in [-0.3, -0.25) is 0 Å². The Bertz CT molecular complexity index is 1400. The molecule has 0 saturated heterocycles. The number of nitrogens with zero attached hydrogens (tertiary/aromatic N) is 4. The highest BCUT2D eigenvalue weighted by molar-refractivity contribution is 5.94. The number of hydrogen-bond acceptors (Lipinski definition) is 7. The molecule has 2 heterocycles. The molecule has 190 valence electrons. The number of H-pyrrole nitrogens is 1. The summed E-state index contributed by atoms with van der Waals surface area (Å²) in [6.07, 6.45) is 3.51. The summed E-state index contributed by atoms with van der Waals surface area (Å²) in [6, 6.07) is 22.3. The number of hydrogen-bond donors (Lipinski definition) is 1. The fourth-order valence-corrected chi connectivity index (χ4v) is 4.58. The van der Waals surface area contributed by atoms with Crippen LogP contribution >= 0.6 is 0 Å². The summed E-state index contributed by atoms with van der Waals surface area (Å²) < 4.78 is 17.9. The van der Waals surface area contributed by atoms with Crippen molar-refractivity contribution in [1.29, 1.82) is 0 Å². The Hall–Kier alpha value is -4.20. The average Bonchev–Trinajstić information content (AvgIpc) is 3.62. The zero-order valence-electron chi connectivity index (χ0n) is 21.2. The molecule has 37 heavy (non-hydrogen) atoms. The van der Waals surface area contributed by atoms with Crippen LogP contribution in [0.5, 0.6) is 11.5 Å². The molecule has 5 rings (SSSR count). The van der Waals surface area contributed by atoms with E-state index in [0.717, 1.165) is 70.5 Å². The number of aromatic amines is 1. The van der Waals surface area contributed by atoms with Crippen LogP contribution in [0.2, 0.25) is 0 Å². The Balaban J connectivity index is 1.18. The zero-order valence-corrected chi connectivity index (χ0v) is 21.2. The number of rotatable bonds is 12. The third kappa shape index (κ3) is 5.48. The summed E-state index contributed by atoms with van der Waals surface area (Å²) in [5.41, 5.74) is 4.92. The van der Waals surface area contributed by atoms with Crippen LogP contribution in [-0.2, 0) is 6.42 Å². The van der Waals surface area contributed by atoms with Crippen molar-refractivity contribution in [1.82, 2.24) is 25.8 Å². The zero-order chi connectivity index (χ0) is 25.5. The minimum absolute atomic E-state index is 0.115.